The van der Waals surface area contributed by atoms with Gasteiger partial charge in [-0.2, -0.15) is 0 Å². The van der Waals surface area contributed by atoms with Crippen LogP contribution in [0.25, 0.3) is 22.3 Å². The SMILES string of the molecule is COc1ccc(Nc2nc(-c3cccc(C)c3)nc3ccccc23)cc1. The molecular formula is C22H19N3O. The quantitative estimate of drug-likeness (QED) is 0.543. The Morgan fingerprint density at radius 2 is 1.65 bits per heavy atom. The molecular weight excluding hydrogens is 322 g/mol. The van der Waals surface area contributed by atoms with Gasteiger partial charge < -0.3 is 10.1 Å². The van der Waals surface area contributed by atoms with Crippen LogP contribution >= 0.6 is 0 Å². The Kier molecular flexibility index (Phi) is 4.23. The summed E-state index contributed by atoms with van der Waals surface area (Å²) in [4.78, 5) is 9.54. The summed E-state index contributed by atoms with van der Waals surface area (Å²) in [5.41, 5.74) is 4.05. The third-order valence-electron chi connectivity index (χ3n) is 4.23. The number of hydrogen-bond donors (Lipinski definition) is 1. The molecule has 1 aromatic heterocycles. The molecule has 0 saturated carbocycles. The molecule has 0 aliphatic heterocycles. The summed E-state index contributed by atoms with van der Waals surface area (Å²) in [5, 5.41) is 4.40. The molecule has 1 heterocycles. The predicted octanol–water partition coefficient (Wildman–Crippen LogP) is 5.36. The number of aryl methyl sites for hydroxylation is 1. The number of para-hydroxylation sites is 1. The van der Waals surface area contributed by atoms with Crippen molar-refractivity contribution in [3.8, 4) is 17.1 Å². The van der Waals surface area contributed by atoms with Gasteiger partial charge in [-0.25, -0.2) is 9.97 Å². The number of benzene rings is 3. The van der Waals surface area contributed by atoms with Gasteiger partial charge >= 0.3 is 0 Å². The lowest BCUT2D eigenvalue weighted by Crippen LogP contribution is -1.99. The summed E-state index contributed by atoms with van der Waals surface area (Å²) in [6.45, 7) is 2.07. The Labute approximate surface area is 152 Å². The van der Waals surface area contributed by atoms with Crippen molar-refractivity contribution in [1.82, 2.24) is 9.97 Å². The summed E-state index contributed by atoms with van der Waals surface area (Å²) in [6.07, 6.45) is 0. The molecule has 0 aliphatic carbocycles. The molecule has 0 fully saturated rings. The zero-order valence-electron chi connectivity index (χ0n) is 14.7. The van der Waals surface area contributed by atoms with Gasteiger partial charge in [-0.05, 0) is 49.4 Å². The van der Waals surface area contributed by atoms with Crippen LogP contribution in [0.5, 0.6) is 5.75 Å². The Morgan fingerprint density at radius 3 is 2.42 bits per heavy atom. The monoisotopic (exact) mass is 341 g/mol. The number of nitrogens with zero attached hydrogens (tertiary/aromatic N) is 2. The number of anilines is 2. The van der Waals surface area contributed by atoms with Crippen molar-refractivity contribution >= 4 is 22.4 Å². The Hall–Kier alpha value is -3.40. The maximum Gasteiger partial charge on any atom is 0.162 e. The maximum absolute atomic E-state index is 5.22. The molecule has 4 aromatic rings. The highest BCUT2D eigenvalue weighted by molar-refractivity contribution is 5.92. The summed E-state index contributed by atoms with van der Waals surface area (Å²) in [6, 6.07) is 24.1. The van der Waals surface area contributed by atoms with Crippen molar-refractivity contribution in [2.24, 2.45) is 0 Å². The molecule has 26 heavy (non-hydrogen) atoms. The van der Waals surface area contributed by atoms with E-state index in [-0.39, 0.29) is 0 Å². The molecule has 0 spiro atoms. The van der Waals surface area contributed by atoms with Gasteiger partial charge in [0, 0.05) is 16.6 Å². The first-order chi connectivity index (χ1) is 12.7. The highest BCUT2D eigenvalue weighted by Crippen LogP contribution is 2.28. The number of hydrogen-bond acceptors (Lipinski definition) is 4. The van der Waals surface area contributed by atoms with Gasteiger partial charge in [-0.15, -0.1) is 0 Å². The van der Waals surface area contributed by atoms with Crippen LogP contribution in [-0.4, -0.2) is 17.1 Å². The van der Waals surface area contributed by atoms with Gasteiger partial charge in [0.2, 0.25) is 0 Å². The first-order valence-corrected chi connectivity index (χ1v) is 8.48. The van der Waals surface area contributed by atoms with Crippen molar-refractivity contribution in [1.29, 1.82) is 0 Å². The number of fused-ring (bicyclic) bond motifs is 1. The largest absolute Gasteiger partial charge is 0.497 e. The lowest BCUT2D eigenvalue weighted by molar-refractivity contribution is 0.415. The average molecular weight is 341 g/mol. The summed E-state index contributed by atoms with van der Waals surface area (Å²) in [5.74, 6) is 2.32. The molecule has 0 atom stereocenters. The third-order valence-corrected chi connectivity index (χ3v) is 4.23. The second kappa shape index (κ2) is 6.84. The van der Waals surface area contributed by atoms with Crippen LogP contribution in [0.15, 0.2) is 72.8 Å². The number of aromatic nitrogens is 2. The topological polar surface area (TPSA) is 47.0 Å². The lowest BCUT2D eigenvalue weighted by Gasteiger charge is -2.12. The number of nitrogens with one attached hydrogen (secondary N) is 1. The number of methoxy groups -OCH3 is 1. The van der Waals surface area contributed by atoms with Gasteiger partial charge in [0.1, 0.15) is 11.6 Å². The summed E-state index contributed by atoms with van der Waals surface area (Å²) < 4.78 is 5.22. The highest BCUT2D eigenvalue weighted by atomic mass is 16.5. The summed E-state index contributed by atoms with van der Waals surface area (Å²) >= 11 is 0. The van der Waals surface area contributed by atoms with Crippen molar-refractivity contribution < 1.29 is 4.74 Å². The zero-order valence-corrected chi connectivity index (χ0v) is 14.7. The van der Waals surface area contributed by atoms with Gasteiger partial charge in [0.25, 0.3) is 0 Å². The van der Waals surface area contributed by atoms with Crippen LogP contribution in [0.4, 0.5) is 11.5 Å². The van der Waals surface area contributed by atoms with Crippen LogP contribution in [0, 0.1) is 6.92 Å². The third kappa shape index (κ3) is 3.22. The molecule has 3 aromatic carbocycles. The van der Waals surface area contributed by atoms with E-state index in [0.717, 1.165) is 33.7 Å². The highest BCUT2D eigenvalue weighted by Gasteiger charge is 2.10. The smallest absolute Gasteiger partial charge is 0.162 e. The van der Waals surface area contributed by atoms with E-state index in [1.165, 1.54) is 5.56 Å². The van der Waals surface area contributed by atoms with Crippen LogP contribution in [0.3, 0.4) is 0 Å². The van der Waals surface area contributed by atoms with Crippen molar-refractivity contribution in [3.63, 3.8) is 0 Å². The molecule has 0 saturated heterocycles. The van der Waals surface area contributed by atoms with Gasteiger partial charge in [0.15, 0.2) is 5.82 Å². The number of rotatable bonds is 4. The molecule has 1 N–H and O–H groups in total. The molecule has 4 heteroatoms. The van der Waals surface area contributed by atoms with Gasteiger partial charge in [-0.3, -0.25) is 0 Å². The first-order valence-electron chi connectivity index (χ1n) is 8.48. The first kappa shape index (κ1) is 16.1. The molecule has 4 rings (SSSR count). The maximum atomic E-state index is 5.22. The second-order valence-electron chi connectivity index (χ2n) is 6.14. The zero-order chi connectivity index (χ0) is 17.9. The number of ether oxygens (including phenoxy) is 1. The van der Waals surface area contributed by atoms with E-state index in [2.05, 4.69) is 24.4 Å². The normalized spacial score (nSPS) is 10.7. The fourth-order valence-electron chi connectivity index (χ4n) is 2.90. The average Bonchev–Trinajstić information content (AvgIpc) is 2.68. The van der Waals surface area contributed by atoms with E-state index in [0.29, 0.717) is 5.82 Å². The van der Waals surface area contributed by atoms with Crippen LogP contribution < -0.4 is 10.1 Å². The minimum absolute atomic E-state index is 0.711. The lowest BCUT2D eigenvalue weighted by atomic mass is 10.1. The second-order valence-corrected chi connectivity index (χ2v) is 6.14. The molecule has 0 amide bonds. The Morgan fingerprint density at radius 1 is 0.846 bits per heavy atom. The molecule has 0 unspecified atom stereocenters. The summed E-state index contributed by atoms with van der Waals surface area (Å²) in [7, 11) is 1.66. The molecule has 0 aliphatic rings. The minimum atomic E-state index is 0.711. The van der Waals surface area contributed by atoms with Crippen molar-refractivity contribution in [3.05, 3.63) is 78.4 Å². The Balaban J connectivity index is 1.81. The molecule has 4 nitrogen and oxygen atoms in total. The molecule has 0 radical (unpaired) electrons. The van der Waals surface area contributed by atoms with Gasteiger partial charge in [-0.1, -0.05) is 35.9 Å². The van der Waals surface area contributed by atoms with E-state index < -0.39 is 0 Å². The predicted molar refractivity (Wildman–Crippen MR) is 106 cm³/mol. The van der Waals surface area contributed by atoms with E-state index in [9.17, 15) is 0 Å². The van der Waals surface area contributed by atoms with Crippen molar-refractivity contribution in [2.75, 3.05) is 12.4 Å². The van der Waals surface area contributed by atoms with Crippen LogP contribution in [0.1, 0.15) is 5.56 Å². The van der Waals surface area contributed by atoms with E-state index in [4.69, 9.17) is 14.7 Å². The van der Waals surface area contributed by atoms with Crippen LogP contribution in [-0.2, 0) is 0 Å². The molecule has 128 valence electrons. The standard InChI is InChI=1S/C22H19N3O/c1-15-6-5-7-16(14-15)21-24-20-9-4-3-8-19(20)22(25-21)23-17-10-12-18(26-2)13-11-17/h3-14H,1-2H3,(H,23,24,25). The minimum Gasteiger partial charge on any atom is -0.497 e. The molecule has 0 bridgehead atoms. The van der Waals surface area contributed by atoms with E-state index >= 15 is 0 Å². The van der Waals surface area contributed by atoms with Gasteiger partial charge in [0.05, 0.1) is 12.6 Å². The van der Waals surface area contributed by atoms with Crippen molar-refractivity contribution in [2.45, 2.75) is 6.92 Å². The Bertz CT molecular complexity index is 1060. The fourth-order valence-corrected chi connectivity index (χ4v) is 2.90. The van der Waals surface area contributed by atoms with E-state index in [1.807, 2.05) is 60.7 Å². The van der Waals surface area contributed by atoms with E-state index in [1.54, 1.807) is 7.11 Å². The van der Waals surface area contributed by atoms with Crippen LogP contribution in [0.2, 0.25) is 0 Å². The fraction of sp³-hybridized carbons (Fsp3) is 0.0909.